The molecule has 1 aromatic carbocycles. The minimum Gasteiger partial charge on any atom is -0.492 e. The van der Waals surface area contributed by atoms with E-state index in [1.807, 2.05) is 0 Å². The summed E-state index contributed by atoms with van der Waals surface area (Å²) >= 11 is 0. The van der Waals surface area contributed by atoms with E-state index in [4.69, 9.17) is 20.8 Å². The second kappa shape index (κ2) is 7.28. The number of benzene rings is 1. The fourth-order valence-electron chi connectivity index (χ4n) is 2.30. The van der Waals surface area contributed by atoms with Crippen LogP contribution in [0.15, 0.2) is 29.4 Å². The van der Waals surface area contributed by atoms with Gasteiger partial charge in [0.2, 0.25) is 0 Å². The summed E-state index contributed by atoms with van der Waals surface area (Å²) in [6.45, 7) is 2.57. The van der Waals surface area contributed by atoms with E-state index in [0.717, 1.165) is 25.3 Å². The van der Waals surface area contributed by atoms with Crippen molar-refractivity contribution in [2.24, 2.45) is 16.3 Å². The van der Waals surface area contributed by atoms with Crippen molar-refractivity contribution in [1.82, 2.24) is 5.32 Å². The molecule has 1 aliphatic carbocycles. The summed E-state index contributed by atoms with van der Waals surface area (Å²) in [6, 6.07) is 7.08. The highest BCUT2D eigenvalue weighted by molar-refractivity contribution is 5.97. The lowest BCUT2D eigenvalue weighted by molar-refractivity contribution is 0.241. The van der Waals surface area contributed by atoms with Gasteiger partial charge in [-0.3, -0.25) is 0 Å². The molecule has 6 nitrogen and oxygen atoms in total. The first-order valence-corrected chi connectivity index (χ1v) is 7.21. The van der Waals surface area contributed by atoms with Crippen molar-refractivity contribution in [3.8, 4) is 5.75 Å². The van der Waals surface area contributed by atoms with E-state index in [-0.39, 0.29) is 12.4 Å². The van der Waals surface area contributed by atoms with Gasteiger partial charge < -0.3 is 26.1 Å². The van der Waals surface area contributed by atoms with Gasteiger partial charge in [-0.2, -0.15) is 0 Å². The number of rotatable bonds is 9. The quantitative estimate of drug-likeness (QED) is 0.178. The molecule has 0 aliphatic heterocycles. The first kappa shape index (κ1) is 15.6. The smallest absolute Gasteiger partial charge is 0.170 e. The second-order valence-corrected chi connectivity index (χ2v) is 5.51. The number of nitrogens with one attached hydrogen (secondary N) is 1. The van der Waals surface area contributed by atoms with Crippen LogP contribution < -0.4 is 15.8 Å². The predicted octanol–water partition coefficient (Wildman–Crippen LogP) is 0.912. The average molecular weight is 293 g/mol. The fraction of sp³-hybridized carbons (Fsp3) is 0.533. The summed E-state index contributed by atoms with van der Waals surface area (Å²) in [4.78, 5) is 0. The van der Waals surface area contributed by atoms with E-state index in [1.54, 1.807) is 24.3 Å². The zero-order chi connectivity index (χ0) is 15.1. The number of aliphatic hydroxyl groups excluding tert-OH is 1. The monoisotopic (exact) mass is 293 g/mol. The summed E-state index contributed by atoms with van der Waals surface area (Å²) in [5, 5.41) is 23.9. The van der Waals surface area contributed by atoms with Crippen LogP contribution in [0.25, 0.3) is 0 Å². The molecule has 116 valence electrons. The predicted molar refractivity (Wildman–Crippen MR) is 80.7 cm³/mol. The molecule has 1 fully saturated rings. The normalized spacial score (nSPS) is 16.7. The Morgan fingerprint density at radius 2 is 2.05 bits per heavy atom. The molecule has 5 N–H and O–H groups in total. The molecule has 6 heteroatoms. The van der Waals surface area contributed by atoms with Gasteiger partial charge in [0.15, 0.2) is 5.84 Å². The first-order valence-electron chi connectivity index (χ1n) is 7.21. The number of amidine groups is 1. The SMILES string of the molecule is N/C(=N/O)c1ccc(OCCNCC2(CCO)CC2)cc1. The Bertz CT molecular complexity index is 470. The van der Waals surface area contributed by atoms with Crippen LogP contribution in [0.5, 0.6) is 5.75 Å². The molecular formula is C15H23N3O3. The maximum atomic E-state index is 8.99. The molecule has 1 aliphatic rings. The van der Waals surface area contributed by atoms with Crippen LogP contribution in [0.2, 0.25) is 0 Å². The molecule has 0 unspecified atom stereocenters. The van der Waals surface area contributed by atoms with Crippen LogP contribution in [-0.4, -0.2) is 42.5 Å². The lowest BCUT2D eigenvalue weighted by atomic mass is 10.0. The average Bonchev–Trinajstić information content (AvgIpc) is 3.27. The van der Waals surface area contributed by atoms with Crippen LogP contribution in [0, 0.1) is 5.41 Å². The molecule has 21 heavy (non-hydrogen) atoms. The number of ether oxygens (including phenoxy) is 1. The zero-order valence-electron chi connectivity index (χ0n) is 12.1. The van der Waals surface area contributed by atoms with E-state index < -0.39 is 0 Å². The third-order valence-corrected chi connectivity index (χ3v) is 3.90. The Hall–Kier alpha value is -1.79. The van der Waals surface area contributed by atoms with Gasteiger partial charge in [0.1, 0.15) is 12.4 Å². The van der Waals surface area contributed by atoms with E-state index in [2.05, 4.69) is 10.5 Å². The van der Waals surface area contributed by atoms with E-state index >= 15 is 0 Å². The molecular weight excluding hydrogens is 270 g/mol. The van der Waals surface area contributed by atoms with Gasteiger partial charge >= 0.3 is 0 Å². The van der Waals surface area contributed by atoms with Crippen molar-refractivity contribution in [3.05, 3.63) is 29.8 Å². The van der Waals surface area contributed by atoms with Crippen molar-refractivity contribution < 1.29 is 15.1 Å². The number of hydrogen-bond acceptors (Lipinski definition) is 5. The molecule has 0 spiro atoms. The zero-order valence-corrected chi connectivity index (χ0v) is 12.1. The van der Waals surface area contributed by atoms with Gasteiger partial charge in [0.25, 0.3) is 0 Å². The largest absolute Gasteiger partial charge is 0.492 e. The summed E-state index contributed by atoms with van der Waals surface area (Å²) < 4.78 is 5.61. The fourth-order valence-corrected chi connectivity index (χ4v) is 2.30. The van der Waals surface area contributed by atoms with Gasteiger partial charge in [0, 0.05) is 25.3 Å². The topological polar surface area (TPSA) is 100 Å². The molecule has 2 rings (SSSR count). The summed E-state index contributed by atoms with van der Waals surface area (Å²) in [5.74, 6) is 0.838. The van der Waals surface area contributed by atoms with Crippen molar-refractivity contribution in [1.29, 1.82) is 0 Å². The Labute approximate surface area is 124 Å². The van der Waals surface area contributed by atoms with Gasteiger partial charge in [-0.05, 0) is 48.9 Å². The Morgan fingerprint density at radius 1 is 1.33 bits per heavy atom. The molecule has 0 atom stereocenters. The van der Waals surface area contributed by atoms with Crippen LogP contribution >= 0.6 is 0 Å². The highest BCUT2D eigenvalue weighted by Crippen LogP contribution is 2.47. The second-order valence-electron chi connectivity index (χ2n) is 5.51. The van der Waals surface area contributed by atoms with Gasteiger partial charge in [-0.1, -0.05) is 5.16 Å². The minimum absolute atomic E-state index is 0.0850. The van der Waals surface area contributed by atoms with Crippen LogP contribution in [0.3, 0.4) is 0 Å². The molecule has 0 aromatic heterocycles. The van der Waals surface area contributed by atoms with Crippen LogP contribution in [0.4, 0.5) is 0 Å². The van der Waals surface area contributed by atoms with Crippen molar-refractivity contribution >= 4 is 5.84 Å². The van der Waals surface area contributed by atoms with E-state index in [1.165, 1.54) is 12.8 Å². The highest BCUT2D eigenvalue weighted by atomic mass is 16.5. The number of nitrogens with two attached hydrogens (primary N) is 1. The highest BCUT2D eigenvalue weighted by Gasteiger charge is 2.41. The van der Waals surface area contributed by atoms with E-state index in [0.29, 0.717) is 17.6 Å². The molecule has 1 aromatic rings. The number of oxime groups is 1. The third kappa shape index (κ3) is 4.61. The third-order valence-electron chi connectivity index (χ3n) is 3.90. The van der Waals surface area contributed by atoms with Gasteiger partial charge in [-0.15, -0.1) is 0 Å². The molecule has 0 heterocycles. The van der Waals surface area contributed by atoms with Crippen molar-refractivity contribution in [3.63, 3.8) is 0 Å². The maximum Gasteiger partial charge on any atom is 0.170 e. The number of hydrogen-bond donors (Lipinski definition) is 4. The lowest BCUT2D eigenvalue weighted by Crippen LogP contribution is -2.28. The molecule has 0 bridgehead atoms. The lowest BCUT2D eigenvalue weighted by Gasteiger charge is -2.14. The molecule has 0 amide bonds. The Morgan fingerprint density at radius 3 is 2.62 bits per heavy atom. The summed E-state index contributed by atoms with van der Waals surface area (Å²) in [5.41, 5.74) is 6.47. The van der Waals surface area contributed by atoms with Crippen LogP contribution in [0.1, 0.15) is 24.8 Å². The van der Waals surface area contributed by atoms with Crippen LogP contribution in [-0.2, 0) is 0 Å². The number of nitrogens with zero attached hydrogens (tertiary/aromatic N) is 1. The first-order chi connectivity index (χ1) is 10.2. The standard InChI is InChI=1S/C15H23N3O3/c16-14(18-20)12-1-3-13(4-2-12)21-10-8-17-11-15(5-6-15)7-9-19/h1-4,17,19-20H,5-11H2,(H2,16,18). The van der Waals surface area contributed by atoms with Gasteiger partial charge in [0.05, 0.1) is 0 Å². The molecule has 1 saturated carbocycles. The molecule has 0 saturated heterocycles. The molecule has 0 radical (unpaired) electrons. The summed E-state index contributed by atoms with van der Waals surface area (Å²) in [6.07, 6.45) is 3.30. The van der Waals surface area contributed by atoms with Crippen molar-refractivity contribution in [2.75, 3.05) is 26.3 Å². The Kier molecular flexibility index (Phi) is 5.41. The summed E-state index contributed by atoms with van der Waals surface area (Å²) in [7, 11) is 0. The van der Waals surface area contributed by atoms with E-state index in [9.17, 15) is 0 Å². The van der Waals surface area contributed by atoms with Gasteiger partial charge in [-0.25, -0.2) is 0 Å². The maximum absolute atomic E-state index is 8.99. The van der Waals surface area contributed by atoms with Crippen molar-refractivity contribution in [2.45, 2.75) is 19.3 Å². The Balaban J connectivity index is 1.65. The minimum atomic E-state index is 0.0850. The number of aliphatic hydroxyl groups is 1.